The van der Waals surface area contributed by atoms with Gasteiger partial charge in [0.05, 0.1) is 0 Å². The minimum Gasteiger partial charge on any atom is -0.453 e. The average molecular weight is 278 g/mol. The molecule has 100 valence electrons. The molecule has 19 heavy (non-hydrogen) atoms. The second kappa shape index (κ2) is 6.04. The number of carbonyl (C=O) groups is 1. The van der Waals surface area contributed by atoms with E-state index >= 15 is 0 Å². The minimum absolute atomic E-state index is 0.0221. The van der Waals surface area contributed by atoms with Crippen LogP contribution in [0.3, 0.4) is 0 Å². The van der Waals surface area contributed by atoms with E-state index in [-0.39, 0.29) is 5.78 Å². The summed E-state index contributed by atoms with van der Waals surface area (Å²) in [4.78, 5) is 13.9. The van der Waals surface area contributed by atoms with Crippen molar-refractivity contribution in [1.82, 2.24) is 4.90 Å². The monoisotopic (exact) mass is 277 g/mol. The third kappa shape index (κ3) is 3.69. The Hall–Kier alpha value is -1.58. The molecule has 0 unspecified atom stereocenters. The zero-order valence-electron chi connectivity index (χ0n) is 11.0. The van der Waals surface area contributed by atoms with Gasteiger partial charge >= 0.3 is 0 Å². The van der Waals surface area contributed by atoms with E-state index in [4.69, 9.17) is 16.0 Å². The molecule has 2 aromatic rings. The number of Topliss-reactive ketones (excluding diaryl/α,β-unsaturated/α-hetero) is 1. The molecule has 0 saturated carbocycles. The fraction of sp³-hybridized carbons (Fsp3) is 0.267. The number of halogens is 1. The smallest absolute Gasteiger partial charge is 0.199 e. The van der Waals surface area contributed by atoms with Gasteiger partial charge in [0, 0.05) is 23.6 Å². The van der Waals surface area contributed by atoms with Gasteiger partial charge in [0.1, 0.15) is 5.76 Å². The second-order valence-electron chi connectivity index (χ2n) is 4.65. The topological polar surface area (TPSA) is 33.5 Å². The highest BCUT2D eigenvalue weighted by molar-refractivity contribution is 6.30. The van der Waals surface area contributed by atoms with Crippen molar-refractivity contribution in [3.63, 3.8) is 0 Å². The van der Waals surface area contributed by atoms with Gasteiger partial charge in [-0.3, -0.25) is 4.79 Å². The maximum Gasteiger partial charge on any atom is 0.199 e. The molecule has 0 amide bonds. The first-order chi connectivity index (χ1) is 9.06. The standard InChI is InChI=1S/C15H16ClNO2/c1-17(2)10-9-13(18)15-8-7-14(19-15)11-3-5-12(16)6-4-11/h3-8H,9-10H2,1-2H3. The molecule has 0 fully saturated rings. The molecule has 0 spiro atoms. The minimum atomic E-state index is 0.0221. The van der Waals surface area contributed by atoms with Crippen molar-refractivity contribution in [2.24, 2.45) is 0 Å². The van der Waals surface area contributed by atoms with E-state index in [1.165, 1.54) is 0 Å². The lowest BCUT2D eigenvalue weighted by Crippen LogP contribution is -2.16. The summed E-state index contributed by atoms with van der Waals surface area (Å²) in [5, 5.41) is 0.678. The van der Waals surface area contributed by atoms with Crippen LogP contribution in [0.5, 0.6) is 0 Å². The van der Waals surface area contributed by atoms with Crippen molar-refractivity contribution in [3.05, 3.63) is 47.2 Å². The quantitative estimate of drug-likeness (QED) is 0.781. The first-order valence-electron chi connectivity index (χ1n) is 6.10. The maximum atomic E-state index is 11.9. The number of carbonyl (C=O) groups excluding carboxylic acids is 1. The fourth-order valence-corrected chi connectivity index (χ4v) is 1.83. The van der Waals surface area contributed by atoms with E-state index in [0.29, 0.717) is 23.0 Å². The summed E-state index contributed by atoms with van der Waals surface area (Å²) in [5.41, 5.74) is 0.913. The largest absolute Gasteiger partial charge is 0.453 e. The van der Waals surface area contributed by atoms with Crippen LogP contribution in [0.4, 0.5) is 0 Å². The molecule has 1 heterocycles. The molecule has 0 bridgehead atoms. The Labute approximate surface area is 117 Å². The highest BCUT2D eigenvalue weighted by Crippen LogP contribution is 2.24. The molecule has 0 N–H and O–H groups in total. The molecule has 0 aliphatic heterocycles. The summed E-state index contributed by atoms with van der Waals surface area (Å²) in [6.45, 7) is 0.718. The van der Waals surface area contributed by atoms with Crippen molar-refractivity contribution < 1.29 is 9.21 Å². The van der Waals surface area contributed by atoms with Crippen LogP contribution in [-0.2, 0) is 0 Å². The first-order valence-corrected chi connectivity index (χ1v) is 6.48. The van der Waals surface area contributed by atoms with E-state index in [9.17, 15) is 4.79 Å². The molecule has 0 aliphatic rings. The predicted octanol–water partition coefficient (Wildman–Crippen LogP) is 3.73. The van der Waals surface area contributed by atoms with Crippen molar-refractivity contribution in [3.8, 4) is 11.3 Å². The third-order valence-corrected chi connectivity index (χ3v) is 3.05. The summed E-state index contributed by atoms with van der Waals surface area (Å²) < 4.78 is 5.59. The average Bonchev–Trinajstić information content (AvgIpc) is 2.86. The van der Waals surface area contributed by atoms with Crippen molar-refractivity contribution >= 4 is 17.4 Å². The summed E-state index contributed by atoms with van der Waals surface area (Å²) >= 11 is 5.84. The van der Waals surface area contributed by atoms with E-state index in [0.717, 1.165) is 12.1 Å². The van der Waals surface area contributed by atoms with Crippen LogP contribution in [0.2, 0.25) is 5.02 Å². The van der Waals surface area contributed by atoms with Gasteiger partial charge in [-0.1, -0.05) is 11.6 Å². The number of nitrogens with zero attached hydrogens (tertiary/aromatic N) is 1. The van der Waals surface area contributed by atoms with Gasteiger partial charge in [-0.25, -0.2) is 0 Å². The Morgan fingerprint density at radius 1 is 1.16 bits per heavy atom. The molecule has 0 atom stereocenters. The van der Waals surface area contributed by atoms with Crippen LogP contribution >= 0.6 is 11.6 Å². The summed E-state index contributed by atoms with van der Waals surface area (Å²) in [6.07, 6.45) is 0.459. The Kier molecular flexibility index (Phi) is 4.40. The molecule has 1 aromatic carbocycles. The molecule has 0 aliphatic carbocycles. The maximum absolute atomic E-state index is 11.9. The van der Waals surface area contributed by atoms with Gasteiger partial charge in [0.25, 0.3) is 0 Å². The lowest BCUT2D eigenvalue weighted by atomic mass is 10.2. The Balaban J connectivity index is 2.10. The number of benzene rings is 1. The Morgan fingerprint density at radius 3 is 2.47 bits per heavy atom. The third-order valence-electron chi connectivity index (χ3n) is 2.80. The Morgan fingerprint density at radius 2 is 1.84 bits per heavy atom. The summed E-state index contributed by atoms with van der Waals surface area (Å²) in [5.74, 6) is 1.12. The van der Waals surface area contributed by atoms with E-state index < -0.39 is 0 Å². The second-order valence-corrected chi connectivity index (χ2v) is 5.08. The lowest BCUT2D eigenvalue weighted by Gasteiger charge is -2.06. The van der Waals surface area contributed by atoms with Gasteiger partial charge in [-0.2, -0.15) is 0 Å². The van der Waals surface area contributed by atoms with E-state index in [1.807, 2.05) is 37.2 Å². The van der Waals surface area contributed by atoms with Gasteiger partial charge in [-0.05, 0) is 50.5 Å². The van der Waals surface area contributed by atoms with Gasteiger partial charge in [0.2, 0.25) is 0 Å². The zero-order valence-corrected chi connectivity index (χ0v) is 11.8. The van der Waals surface area contributed by atoms with Crippen LogP contribution in [0.25, 0.3) is 11.3 Å². The number of ketones is 1. The van der Waals surface area contributed by atoms with Crippen LogP contribution in [-0.4, -0.2) is 31.3 Å². The molecular formula is C15H16ClNO2. The van der Waals surface area contributed by atoms with Crippen LogP contribution in [0, 0.1) is 0 Å². The zero-order chi connectivity index (χ0) is 13.8. The predicted molar refractivity (Wildman–Crippen MR) is 76.7 cm³/mol. The van der Waals surface area contributed by atoms with Crippen LogP contribution in [0.15, 0.2) is 40.8 Å². The molecule has 1 aromatic heterocycles. The number of rotatable bonds is 5. The number of hydrogen-bond donors (Lipinski definition) is 0. The Bertz CT molecular complexity index is 558. The molecule has 0 radical (unpaired) electrons. The number of furan rings is 1. The van der Waals surface area contributed by atoms with E-state index in [2.05, 4.69) is 0 Å². The molecule has 0 saturated heterocycles. The van der Waals surface area contributed by atoms with E-state index in [1.54, 1.807) is 18.2 Å². The van der Waals surface area contributed by atoms with Gasteiger partial charge < -0.3 is 9.32 Å². The van der Waals surface area contributed by atoms with Gasteiger partial charge in [0.15, 0.2) is 11.5 Å². The lowest BCUT2D eigenvalue weighted by molar-refractivity contribution is 0.0946. The van der Waals surface area contributed by atoms with Crippen LogP contribution in [0.1, 0.15) is 17.0 Å². The van der Waals surface area contributed by atoms with Crippen LogP contribution < -0.4 is 0 Å². The van der Waals surface area contributed by atoms with Gasteiger partial charge in [-0.15, -0.1) is 0 Å². The highest BCUT2D eigenvalue weighted by atomic mass is 35.5. The molecule has 2 rings (SSSR count). The highest BCUT2D eigenvalue weighted by Gasteiger charge is 2.12. The first kappa shape index (κ1) is 13.8. The molecular weight excluding hydrogens is 262 g/mol. The summed E-state index contributed by atoms with van der Waals surface area (Å²) in [7, 11) is 3.88. The van der Waals surface area contributed by atoms with Crippen molar-refractivity contribution in [2.75, 3.05) is 20.6 Å². The molecule has 3 nitrogen and oxygen atoms in total. The normalized spacial score (nSPS) is 10.9. The number of hydrogen-bond acceptors (Lipinski definition) is 3. The summed E-state index contributed by atoms with van der Waals surface area (Å²) in [6, 6.07) is 10.9. The van der Waals surface area contributed by atoms with Crippen molar-refractivity contribution in [2.45, 2.75) is 6.42 Å². The molecule has 4 heteroatoms. The fourth-order valence-electron chi connectivity index (χ4n) is 1.71. The van der Waals surface area contributed by atoms with Crippen molar-refractivity contribution in [1.29, 1.82) is 0 Å². The SMILES string of the molecule is CN(C)CCC(=O)c1ccc(-c2ccc(Cl)cc2)o1.